The Morgan fingerprint density at radius 1 is 0.824 bits per heavy atom. The zero-order valence-electron chi connectivity index (χ0n) is 20.4. The summed E-state index contributed by atoms with van der Waals surface area (Å²) in [5, 5.41) is 2.67. The maximum atomic E-state index is 13.1. The molecule has 0 aromatic heterocycles. The van der Waals surface area contributed by atoms with Gasteiger partial charge in [-0.2, -0.15) is 4.31 Å². The van der Waals surface area contributed by atoms with Gasteiger partial charge in [-0.05, 0) is 55.2 Å². The number of hydrogen-bond donors (Lipinski definition) is 2. The van der Waals surface area contributed by atoms with Crippen LogP contribution >= 0.6 is 0 Å². The standard InChI is InChI=1S/C24H35N3O5S2/c1-18(2)16-27(17-19(3)4)34(31,32)23-12-8-21(9-13-23)26-24(28)14-15-25-33(29,30)22-10-6-20(5)7-11-22/h6-13,18-19,25H,14-17H2,1-5H3,(H,26,28). The molecule has 0 saturated carbocycles. The van der Waals surface area contributed by atoms with Crippen LogP contribution in [0.15, 0.2) is 58.3 Å². The minimum absolute atomic E-state index is 0.0616. The Balaban J connectivity index is 1.96. The van der Waals surface area contributed by atoms with Crippen LogP contribution < -0.4 is 10.0 Å². The molecule has 2 aromatic rings. The van der Waals surface area contributed by atoms with Gasteiger partial charge in [0.2, 0.25) is 26.0 Å². The molecule has 0 unspecified atom stereocenters. The van der Waals surface area contributed by atoms with Crippen molar-refractivity contribution in [1.82, 2.24) is 9.03 Å². The number of rotatable bonds is 12. The Labute approximate surface area is 203 Å². The first-order valence-electron chi connectivity index (χ1n) is 11.3. The van der Waals surface area contributed by atoms with Crippen molar-refractivity contribution in [3.05, 3.63) is 54.1 Å². The summed E-state index contributed by atoms with van der Waals surface area (Å²) in [5.41, 5.74) is 1.38. The first kappa shape index (κ1) is 28.0. The molecule has 0 saturated heterocycles. The van der Waals surface area contributed by atoms with Gasteiger partial charge in [0, 0.05) is 31.7 Å². The van der Waals surface area contributed by atoms with E-state index >= 15 is 0 Å². The van der Waals surface area contributed by atoms with Crippen molar-refractivity contribution < 1.29 is 21.6 Å². The van der Waals surface area contributed by atoms with E-state index in [2.05, 4.69) is 10.0 Å². The van der Waals surface area contributed by atoms with E-state index in [0.29, 0.717) is 18.8 Å². The number of aryl methyl sites for hydroxylation is 1. The summed E-state index contributed by atoms with van der Waals surface area (Å²) in [5.74, 6) is -0.00510. The number of anilines is 1. The molecule has 188 valence electrons. The second-order valence-corrected chi connectivity index (χ2v) is 12.8. The molecule has 0 aliphatic heterocycles. The summed E-state index contributed by atoms with van der Waals surface area (Å²) < 4.78 is 54.7. The average molecular weight is 510 g/mol. The van der Waals surface area contributed by atoms with Crippen molar-refractivity contribution in [2.45, 2.75) is 50.8 Å². The van der Waals surface area contributed by atoms with Gasteiger partial charge >= 0.3 is 0 Å². The smallest absolute Gasteiger partial charge is 0.243 e. The Morgan fingerprint density at radius 3 is 1.82 bits per heavy atom. The molecule has 2 rings (SSSR count). The number of benzene rings is 2. The van der Waals surface area contributed by atoms with Gasteiger partial charge in [-0.1, -0.05) is 45.4 Å². The first-order valence-corrected chi connectivity index (χ1v) is 14.2. The molecular formula is C24H35N3O5S2. The minimum atomic E-state index is -3.69. The van der Waals surface area contributed by atoms with Crippen LogP contribution in [0.4, 0.5) is 5.69 Å². The Hall–Kier alpha value is -2.27. The van der Waals surface area contributed by atoms with Crippen molar-refractivity contribution in [3.63, 3.8) is 0 Å². The highest BCUT2D eigenvalue weighted by Gasteiger charge is 2.25. The lowest BCUT2D eigenvalue weighted by atomic mass is 10.2. The molecule has 0 bridgehead atoms. The van der Waals surface area contributed by atoms with Crippen LogP contribution in [0.3, 0.4) is 0 Å². The lowest BCUT2D eigenvalue weighted by Crippen LogP contribution is -2.37. The summed E-state index contributed by atoms with van der Waals surface area (Å²) in [7, 11) is -7.35. The van der Waals surface area contributed by atoms with E-state index < -0.39 is 20.0 Å². The summed E-state index contributed by atoms with van der Waals surface area (Å²) in [4.78, 5) is 12.5. The number of carbonyl (C=O) groups excluding carboxylic acids is 1. The summed E-state index contributed by atoms with van der Waals surface area (Å²) in [6.45, 7) is 10.6. The number of amides is 1. The van der Waals surface area contributed by atoms with Gasteiger partial charge in [0.15, 0.2) is 0 Å². The first-order chi connectivity index (χ1) is 15.8. The molecule has 8 nitrogen and oxygen atoms in total. The van der Waals surface area contributed by atoms with Gasteiger partial charge in [-0.3, -0.25) is 4.79 Å². The van der Waals surface area contributed by atoms with E-state index in [9.17, 15) is 21.6 Å². The number of sulfonamides is 2. The fraction of sp³-hybridized carbons (Fsp3) is 0.458. The molecule has 0 radical (unpaired) electrons. The predicted molar refractivity (Wildman–Crippen MR) is 134 cm³/mol. The molecule has 0 atom stereocenters. The molecule has 0 spiro atoms. The molecule has 10 heteroatoms. The third-order valence-corrected chi connectivity index (χ3v) is 8.21. The number of carbonyl (C=O) groups is 1. The molecule has 0 fully saturated rings. The van der Waals surface area contributed by atoms with Crippen LogP contribution in [-0.2, 0) is 24.8 Å². The molecule has 2 aromatic carbocycles. The Kier molecular flexibility index (Phi) is 9.81. The molecule has 0 aliphatic rings. The van der Waals surface area contributed by atoms with E-state index in [1.165, 1.54) is 40.7 Å². The van der Waals surface area contributed by atoms with E-state index in [1.807, 2.05) is 34.6 Å². The second-order valence-electron chi connectivity index (χ2n) is 9.14. The quantitative estimate of drug-likeness (QED) is 0.454. The average Bonchev–Trinajstić information content (AvgIpc) is 2.73. The van der Waals surface area contributed by atoms with Gasteiger partial charge < -0.3 is 5.32 Å². The zero-order valence-corrected chi connectivity index (χ0v) is 22.0. The zero-order chi connectivity index (χ0) is 25.5. The van der Waals surface area contributed by atoms with E-state index in [0.717, 1.165) is 5.56 Å². The van der Waals surface area contributed by atoms with E-state index in [4.69, 9.17) is 0 Å². The maximum absolute atomic E-state index is 13.1. The van der Waals surface area contributed by atoms with Crippen LogP contribution in [0.5, 0.6) is 0 Å². The van der Waals surface area contributed by atoms with Gasteiger partial charge in [-0.15, -0.1) is 0 Å². The summed E-state index contributed by atoms with van der Waals surface area (Å²) in [6, 6.07) is 12.4. The lowest BCUT2D eigenvalue weighted by Gasteiger charge is -2.25. The number of hydrogen-bond acceptors (Lipinski definition) is 5. The third-order valence-electron chi connectivity index (χ3n) is 4.89. The van der Waals surface area contributed by atoms with Crippen LogP contribution in [-0.4, -0.2) is 46.7 Å². The third kappa shape index (κ3) is 8.19. The van der Waals surface area contributed by atoms with Gasteiger partial charge in [0.25, 0.3) is 0 Å². The Bertz CT molecular complexity index is 1150. The normalized spacial score (nSPS) is 12.5. The van der Waals surface area contributed by atoms with Crippen LogP contribution in [0.1, 0.15) is 39.7 Å². The van der Waals surface area contributed by atoms with E-state index in [1.54, 1.807) is 12.1 Å². The van der Waals surface area contributed by atoms with Crippen LogP contribution in [0.25, 0.3) is 0 Å². The molecule has 34 heavy (non-hydrogen) atoms. The highest BCUT2D eigenvalue weighted by molar-refractivity contribution is 7.89. The van der Waals surface area contributed by atoms with Gasteiger partial charge in [-0.25, -0.2) is 21.6 Å². The van der Waals surface area contributed by atoms with Crippen LogP contribution in [0, 0.1) is 18.8 Å². The van der Waals surface area contributed by atoms with Gasteiger partial charge in [0.05, 0.1) is 9.79 Å². The van der Waals surface area contributed by atoms with Gasteiger partial charge in [0.1, 0.15) is 0 Å². The van der Waals surface area contributed by atoms with Crippen molar-refractivity contribution in [3.8, 4) is 0 Å². The Morgan fingerprint density at radius 2 is 1.32 bits per heavy atom. The number of nitrogens with zero attached hydrogens (tertiary/aromatic N) is 1. The SMILES string of the molecule is Cc1ccc(S(=O)(=O)NCCC(=O)Nc2ccc(S(=O)(=O)N(CC(C)C)CC(C)C)cc2)cc1. The monoisotopic (exact) mass is 509 g/mol. The van der Waals surface area contributed by atoms with Crippen molar-refractivity contribution in [2.75, 3.05) is 25.0 Å². The topological polar surface area (TPSA) is 113 Å². The molecule has 0 aliphatic carbocycles. The summed E-state index contributed by atoms with van der Waals surface area (Å²) in [6.07, 6.45) is -0.0678. The van der Waals surface area contributed by atoms with Crippen LogP contribution in [0.2, 0.25) is 0 Å². The van der Waals surface area contributed by atoms with Crippen molar-refractivity contribution in [2.24, 2.45) is 11.8 Å². The number of nitrogens with one attached hydrogen (secondary N) is 2. The van der Waals surface area contributed by atoms with Crippen molar-refractivity contribution >= 4 is 31.6 Å². The van der Waals surface area contributed by atoms with E-state index in [-0.39, 0.29) is 40.5 Å². The largest absolute Gasteiger partial charge is 0.326 e. The molecule has 0 heterocycles. The maximum Gasteiger partial charge on any atom is 0.243 e. The fourth-order valence-electron chi connectivity index (χ4n) is 3.27. The summed E-state index contributed by atoms with van der Waals surface area (Å²) >= 11 is 0. The highest BCUT2D eigenvalue weighted by atomic mass is 32.2. The predicted octanol–water partition coefficient (Wildman–Crippen LogP) is 3.60. The lowest BCUT2D eigenvalue weighted by molar-refractivity contribution is -0.116. The molecular weight excluding hydrogens is 474 g/mol. The van der Waals surface area contributed by atoms with Crippen molar-refractivity contribution in [1.29, 1.82) is 0 Å². The second kappa shape index (κ2) is 11.9. The molecule has 1 amide bonds. The highest BCUT2D eigenvalue weighted by Crippen LogP contribution is 2.21. The fourth-order valence-corrected chi connectivity index (χ4v) is 6.07. The minimum Gasteiger partial charge on any atom is -0.326 e. The molecule has 2 N–H and O–H groups in total.